The quantitative estimate of drug-likeness (QED) is 0.571. The van der Waals surface area contributed by atoms with Crippen LogP contribution in [0.1, 0.15) is 59.8 Å². The number of nitrogens with one attached hydrogen (secondary N) is 1. The van der Waals surface area contributed by atoms with Crippen LogP contribution in [0.4, 0.5) is 4.39 Å². The lowest BCUT2D eigenvalue weighted by Crippen LogP contribution is -2.39. The highest BCUT2D eigenvalue weighted by molar-refractivity contribution is 6.00. The summed E-state index contributed by atoms with van der Waals surface area (Å²) in [6.07, 6.45) is 2.64. The van der Waals surface area contributed by atoms with Crippen molar-refractivity contribution >= 4 is 16.7 Å². The highest BCUT2D eigenvalue weighted by Crippen LogP contribution is 2.30. The van der Waals surface area contributed by atoms with Crippen molar-refractivity contribution in [2.24, 2.45) is 0 Å². The lowest BCUT2D eigenvalue weighted by molar-refractivity contribution is 0.0989. The minimum Gasteiger partial charge on any atom is -0.352 e. The first kappa shape index (κ1) is 19.8. The number of likely N-dealkylation sites (tertiary alicyclic amines) is 1. The highest BCUT2D eigenvalue weighted by Gasteiger charge is 2.23. The van der Waals surface area contributed by atoms with E-state index in [2.05, 4.69) is 41.9 Å². The molecule has 1 N–H and O–H groups in total. The van der Waals surface area contributed by atoms with Gasteiger partial charge in [-0.2, -0.15) is 0 Å². The zero-order valence-electron chi connectivity index (χ0n) is 17.5. The average molecular weight is 393 g/mol. The zero-order valence-corrected chi connectivity index (χ0v) is 17.5. The molecule has 4 rings (SSSR count). The van der Waals surface area contributed by atoms with Crippen LogP contribution in [0.5, 0.6) is 0 Å². The maximum Gasteiger partial charge on any atom is 0.183 e. The number of hydrogen-bond donors (Lipinski definition) is 1. The largest absolute Gasteiger partial charge is 0.352 e. The van der Waals surface area contributed by atoms with Crippen LogP contribution in [-0.4, -0.2) is 34.8 Å². The Bertz CT molecular complexity index is 1020. The monoisotopic (exact) mass is 392 g/mol. The molecule has 1 unspecified atom stereocenters. The third-order valence-electron chi connectivity index (χ3n) is 6.07. The summed E-state index contributed by atoms with van der Waals surface area (Å²) in [6.45, 7) is 8.63. The number of carbonyl (C=O) groups excluding carboxylic acids is 1. The molecule has 2 aromatic carbocycles. The summed E-state index contributed by atoms with van der Waals surface area (Å²) in [5.74, 6) is 0.230. The van der Waals surface area contributed by atoms with Crippen LogP contribution in [-0.2, 0) is 6.42 Å². The Morgan fingerprint density at radius 3 is 2.79 bits per heavy atom. The van der Waals surface area contributed by atoms with E-state index in [0.29, 0.717) is 23.2 Å². The molecule has 1 aliphatic heterocycles. The van der Waals surface area contributed by atoms with Crippen molar-refractivity contribution in [2.45, 2.75) is 52.0 Å². The summed E-state index contributed by atoms with van der Waals surface area (Å²) in [5.41, 5.74) is 4.46. The molecule has 0 bridgehead atoms. The fourth-order valence-electron chi connectivity index (χ4n) is 4.50. The van der Waals surface area contributed by atoms with Crippen molar-refractivity contribution in [3.63, 3.8) is 0 Å². The average Bonchev–Trinajstić information content (AvgIpc) is 3.11. The standard InChI is InChI=1S/C25H29FN2O/c1-16(2)28-8-4-5-20(15-28)19-6-7-23-21(13-19)14-24(27-23)25(29)12-18-9-17(3)10-22(26)11-18/h6-7,9-11,13-14,16,20,27H,4-5,8,12,15H2,1-3H3. The molecule has 0 amide bonds. The molecule has 4 heteroatoms. The SMILES string of the molecule is Cc1cc(F)cc(CC(=O)c2cc3cc(C4CCCN(C(C)C)C4)ccc3[nH]2)c1. The molecule has 1 fully saturated rings. The Kier molecular flexibility index (Phi) is 5.55. The summed E-state index contributed by atoms with van der Waals surface area (Å²) in [5, 5.41) is 1.07. The van der Waals surface area contributed by atoms with Crippen molar-refractivity contribution < 1.29 is 9.18 Å². The van der Waals surface area contributed by atoms with Gasteiger partial charge < -0.3 is 9.88 Å². The first-order chi connectivity index (χ1) is 13.9. The van der Waals surface area contributed by atoms with E-state index < -0.39 is 0 Å². The number of piperidine rings is 1. The minimum absolute atomic E-state index is 0.0172. The number of aryl methyl sites for hydroxylation is 1. The van der Waals surface area contributed by atoms with E-state index in [1.807, 2.05) is 19.1 Å². The predicted molar refractivity (Wildman–Crippen MR) is 116 cm³/mol. The van der Waals surface area contributed by atoms with Crippen LogP contribution < -0.4 is 0 Å². The second kappa shape index (κ2) is 8.11. The highest BCUT2D eigenvalue weighted by atomic mass is 19.1. The van der Waals surface area contributed by atoms with Gasteiger partial charge >= 0.3 is 0 Å². The fourth-order valence-corrected chi connectivity index (χ4v) is 4.50. The third kappa shape index (κ3) is 4.43. The summed E-state index contributed by atoms with van der Waals surface area (Å²) < 4.78 is 13.6. The molecule has 2 heterocycles. The number of fused-ring (bicyclic) bond motifs is 1. The number of benzene rings is 2. The Balaban J connectivity index is 1.54. The molecular formula is C25H29FN2O. The van der Waals surface area contributed by atoms with E-state index in [9.17, 15) is 9.18 Å². The Morgan fingerprint density at radius 2 is 2.03 bits per heavy atom. The van der Waals surface area contributed by atoms with Gasteiger partial charge in [-0.25, -0.2) is 4.39 Å². The number of nitrogens with zero attached hydrogens (tertiary/aromatic N) is 1. The van der Waals surface area contributed by atoms with Crippen molar-refractivity contribution in [1.29, 1.82) is 0 Å². The van der Waals surface area contributed by atoms with Crippen molar-refractivity contribution in [2.75, 3.05) is 13.1 Å². The van der Waals surface area contributed by atoms with Crippen LogP contribution in [0.15, 0.2) is 42.5 Å². The number of Topliss-reactive ketones (excluding diaryl/α,β-unsaturated/α-hetero) is 1. The molecule has 29 heavy (non-hydrogen) atoms. The first-order valence-electron chi connectivity index (χ1n) is 10.5. The van der Waals surface area contributed by atoms with Gasteiger partial charge in [-0.05, 0) is 93.1 Å². The maximum atomic E-state index is 13.6. The molecule has 0 spiro atoms. The molecule has 0 saturated carbocycles. The normalized spacial score (nSPS) is 17.9. The molecule has 1 aromatic heterocycles. The van der Waals surface area contributed by atoms with E-state index in [1.165, 1.54) is 37.1 Å². The molecule has 1 aliphatic rings. The van der Waals surface area contributed by atoms with E-state index in [4.69, 9.17) is 0 Å². The third-order valence-corrected chi connectivity index (χ3v) is 6.07. The molecule has 152 valence electrons. The summed E-state index contributed by atoms with van der Waals surface area (Å²) in [7, 11) is 0. The summed E-state index contributed by atoms with van der Waals surface area (Å²) >= 11 is 0. The fraction of sp³-hybridized carbons (Fsp3) is 0.400. The smallest absolute Gasteiger partial charge is 0.183 e. The predicted octanol–water partition coefficient (Wildman–Crippen LogP) is 5.63. The number of halogens is 1. The van der Waals surface area contributed by atoms with Crippen LogP contribution >= 0.6 is 0 Å². The topological polar surface area (TPSA) is 36.1 Å². The lowest BCUT2D eigenvalue weighted by atomic mass is 9.89. The molecule has 0 aliphatic carbocycles. The molecule has 3 aromatic rings. The van der Waals surface area contributed by atoms with Crippen molar-refractivity contribution in [1.82, 2.24) is 9.88 Å². The maximum absolute atomic E-state index is 13.6. The number of H-pyrrole nitrogens is 1. The van der Waals surface area contributed by atoms with Crippen LogP contribution in [0, 0.1) is 12.7 Å². The van der Waals surface area contributed by atoms with E-state index >= 15 is 0 Å². The molecular weight excluding hydrogens is 363 g/mol. The minimum atomic E-state index is -0.294. The second-order valence-corrected chi connectivity index (χ2v) is 8.69. The Labute approximate surface area is 171 Å². The molecule has 1 saturated heterocycles. The van der Waals surface area contributed by atoms with Gasteiger partial charge in [0.15, 0.2) is 5.78 Å². The summed E-state index contributed by atoms with van der Waals surface area (Å²) in [4.78, 5) is 18.5. The van der Waals surface area contributed by atoms with Crippen LogP contribution in [0.2, 0.25) is 0 Å². The number of aromatic amines is 1. The Hall–Kier alpha value is -2.46. The first-order valence-corrected chi connectivity index (χ1v) is 10.5. The van der Waals surface area contributed by atoms with Crippen molar-refractivity contribution in [3.05, 3.63) is 70.7 Å². The zero-order chi connectivity index (χ0) is 20.5. The van der Waals surface area contributed by atoms with Crippen molar-refractivity contribution in [3.8, 4) is 0 Å². The number of hydrogen-bond acceptors (Lipinski definition) is 2. The molecule has 3 nitrogen and oxygen atoms in total. The van der Waals surface area contributed by atoms with Gasteiger partial charge in [0.1, 0.15) is 5.82 Å². The van der Waals surface area contributed by atoms with Gasteiger partial charge in [-0.15, -0.1) is 0 Å². The number of ketones is 1. The van der Waals surface area contributed by atoms with Gasteiger partial charge in [0, 0.05) is 29.9 Å². The van der Waals surface area contributed by atoms with E-state index in [-0.39, 0.29) is 18.0 Å². The molecule has 0 radical (unpaired) electrons. The number of rotatable bonds is 5. The van der Waals surface area contributed by atoms with Gasteiger partial charge in [0.25, 0.3) is 0 Å². The van der Waals surface area contributed by atoms with E-state index in [0.717, 1.165) is 23.0 Å². The Morgan fingerprint density at radius 1 is 1.21 bits per heavy atom. The van der Waals surface area contributed by atoms with E-state index in [1.54, 1.807) is 0 Å². The van der Waals surface area contributed by atoms with Gasteiger partial charge in [-0.1, -0.05) is 12.1 Å². The lowest BCUT2D eigenvalue weighted by Gasteiger charge is -2.35. The van der Waals surface area contributed by atoms with Crippen LogP contribution in [0.25, 0.3) is 10.9 Å². The molecule has 1 atom stereocenters. The van der Waals surface area contributed by atoms with Crippen LogP contribution in [0.3, 0.4) is 0 Å². The van der Waals surface area contributed by atoms with Gasteiger partial charge in [0.2, 0.25) is 0 Å². The second-order valence-electron chi connectivity index (χ2n) is 8.69. The number of carbonyl (C=O) groups is 1. The number of aromatic nitrogens is 1. The van der Waals surface area contributed by atoms with Gasteiger partial charge in [-0.3, -0.25) is 4.79 Å². The summed E-state index contributed by atoms with van der Waals surface area (Å²) in [6, 6.07) is 13.8. The van der Waals surface area contributed by atoms with Gasteiger partial charge in [0.05, 0.1) is 5.69 Å².